The summed E-state index contributed by atoms with van der Waals surface area (Å²) >= 11 is 3.16. The van der Waals surface area contributed by atoms with Crippen LogP contribution >= 0.6 is 15.9 Å². The van der Waals surface area contributed by atoms with E-state index in [0.29, 0.717) is 4.47 Å². The molecule has 1 fully saturated rings. The number of rotatable bonds is 2. The van der Waals surface area contributed by atoms with Crippen molar-refractivity contribution in [2.24, 2.45) is 11.8 Å². The molecule has 0 unspecified atom stereocenters. The van der Waals surface area contributed by atoms with Crippen LogP contribution < -0.4 is 5.73 Å². The first kappa shape index (κ1) is 16.6. The maximum atomic E-state index is 12.9. The zero-order valence-corrected chi connectivity index (χ0v) is 12.7. The van der Waals surface area contributed by atoms with Crippen LogP contribution in [0.5, 0.6) is 0 Å². The van der Waals surface area contributed by atoms with E-state index in [2.05, 4.69) is 15.9 Å². The molecular weight excluding hydrogens is 369 g/mol. The molecule has 0 radical (unpaired) electrons. The molecule has 1 heterocycles. The third-order valence-corrected chi connectivity index (χ3v) is 4.08. The zero-order valence-electron chi connectivity index (χ0n) is 11.1. The van der Waals surface area contributed by atoms with Gasteiger partial charge in [0.2, 0.25) is 0 Å². The Balaban J connectivity index is 2.27. The number of amides is 1. The highest BCUT2D eigenvalue weighted by molar-refractivity contribution is 9.10. The second-order valence-electron chi connectivity index (χ2n) is 5.03. The van der Waals surface area contributed by atoms with E-state index >= 15 is 0 Å². The molecule has 0 bridgehead atoms. The molecule has 1 amide bonds. The van der Waals surface area contributed by atoms with Gasteiger partial charge in [-0.05, 0) is 18.2 Å². The molecule has 1 aliphatic rings. The minimum absolute atomic E-state index is 0.0511. The van der Waals surface area contributed by atoms with Crippen molar-refractivity contribution in [1.29, 1.82) is 0 Å². The van der Waals surface area contributed by atoms with Crippen molar-refractivity contribution in [3.63, 3.8) is 0 Å². The minimum Gasteiger partial charge on any atom is -0.481 e. The summed E-state index contributed by atoms with van der Waals surface area (Å²) in [5.74, 6) is -6.02. The summed E-state index contributed by atoms with van der Waals surface area (Å²) < 4.78 is 39.4. The molecule has 1 saturated heterocycles. The first-order valence-electron chi connectivity index (χ1n) is 6.25. The summed E-state index contributed by atoms with van der Waals surface area (Å²) in [5, 5.41) is 8.94. The van der Waals surface area contributed by atoms with Crippen LogP contribution in [0.25, 0.3) is 0 Å². The lowest BCUT2D eigenvalue weighted by molar-refractivity contribution is -0.187. The minimum atomic E-state index is -4.68. The number of benzene rings is 1. The van der Waals surface area contributed by atoms with Gasteiger partial charge in [0.1, 0.15) is 0 Å². The summed E-state index contributed by atoms with van der Waals surface area (Å²) in [6.07, 6.45) is -4.68. The number of carbonyl (C=O) groups excluding carboxylic acids is 1. The molecule has 0 spiro atoms. The Hall–Kier alpha value is -1.77. The van der Waals surface area contributed by atoms with Gasteiger partial charge in [-0.3, -0.25) is 9.59 Å². The number of halogens is 4. The van der Waals surface area contributed by atoms with Gasteiger partial charge in [-0.1, -0.05) is 15.9 Å². The number of carboxylic acids is 1. The van der Waals surface area contributed by atoms with Crippen LogP contribution in [-0.2, 0) is 4.79 Å². The molecule has 3 N–H and O–H groups in total. The molecule has 1 aromatic rings. The number of carboxylic acid groups (broad SMARTS) is 1. The summed E-state index contributed by atoms with van der Waals surface area (Å²) in [6, 6.07) is 4.38. The second kappa shape index (κ2) is 5.79. The molecule has 9 heteroatoms. The van der Waals surface area contributed by atoms with E-state index in [4.69, 9.17) is 10.8 Å². The van der Waals surface area contributed by atoms with Crippen LogP contribution in [0.2, 0.25) is 0 Å². The van der Waals surface area contributed by atoms with Crippen molar-refractivity contribution in [2.75, 3.05) is 18.8 Å². The van der Waals surface area contributed by atoms with E-state index in [9.17, 15) is 22.8 Å². The molecular formula is C13H12BrF3N2O3. The van der Waals surface area contributed by atoms with Gasteiger partial charge in [0.15, 0.2) is 0 Å². The standard InChI is InChI=1S/C13H12BrF3N2O3/c14-6-1-2-7(10(18)3-6)11(20)19-4-8(12(21)22)9(5-19)13(15,16)17/h1-3,8-9H,4-5,18H2,(H,21,22)/t8-,9-/m1/s1. The lowest BCUT2D eigenvalue weighted by atomic mass is 9.96. The lowest BCUT2D eigenvalue weighted by Crippen LogP contribution is -2.34. The molecule has 120 valence electrons. The number of nitrogens with two attached hydrogens (primary N) is 1. The van der Waals surface area contributed by atoms with Gasteiger partial charge in [0, 0.05) is 23.2 Å². The smallest absolute Gasteiger partial charge is 0.394 e. The van der Waals surface area contributed by atoms with Crippen LogP contribution in [0.3, 0.4) is 0 Å². The predicted octanol–water partition coefficient (Wildman–Crippen LogP) is 2.37. The number of alkyl halides is 3. The Labute approximate surface area is 132 Å². The normalized spacial score (nSPS) is 21.9. The van der Waals surface area contributed by atoms with Crippen molar-refractivity contribution < 1.29 is 27.9 Å². The molecule has 0 aliphatic carbocycles. The van der Waals surface area contributed by atoms with Gasteiger partial charge in [0.05, 0.1) is 17.4 Å². The monoisotopic (exact) mass is 380 g/mol. The Kier molecular flexibility index (Phi) is 4.37. The average molecular weight is 381 g/mol. The van der Waals surface area contributed by atoms with Gasteiger partial charge < -0.3 is 15.7 Å². The Morgan fingerprint density at radius 3 is 2.41 bits per heavy atom. The lowest BCUT2D eigenvalue weighted by Gasteiger charge is -2.19. The summed E-state index contributed by atoms with van der Waals surface area (Å²) in [7, 11) is 0. The van der Waals surface area contributed by atoms with Crippen LogP contribution in [0.1, 0.15) is 10.4 Å². The van der Waals surface area contributed by atoms with Gasteiger partial charge in [-0.15, -0.1) is 0 Å². The van der Waals surface area contributed by atoms with Crippen molar-refractivity contribution >= 4 is 33.5 Å². The quantitative estimate of drug-likeness (QED) is 0.771. The van der Waals surface area contributed by atoms with Crippen LogP contribution in [0.4, 0.5) is 18.9 Å². The van der Waals surface area contributed by atoms with Crippen molar-refractivity contribution in [2.45, 2.75) is 6.18 Å². The van der Waals surface area contributed by atoms with E-state index in [1.165, 1.54) is 18.2 Å². The molecule has 0 saturated carbocycles. The van der Waals surface area contributed by atoms with Crippen molar-refractivity contribution in [3.8, 4) is 0 Å². The summed E-state index contributed by atoms with van der Waals surface area (Å²) in [4.78, 5) is 24.2. The maximum absolute atomic E-state index is 12.9. The maximum Gasteiger partial charge on any atom is 0.394 e. The first-order valence-corrected chi connectivity index (χ1v) is 7.04. The van der Waals surface area contributed by atoms with E-state index in [0.717, 1.165) is 4.90 Å². The van der Waals surface area contributed by atoms with Crippen LogP contribution in [0, 0.1) is 11.8 Å². The molecule has 1 aromatic carbocycles. The van der Waals surface area contributed by atoms with Crippen molar-refractivity contribution in [1.82, 2.24) is 4.90 Å². The van der Waals surface area contributed by atoms with E-state index < -0.39 is 43.0 Å². The number of likely N-dealkylation sites (tertiary alicyclic amines) is 1. The highest BCUT2D eigenvalue weighted by atomic mass is 79.9. The molecule has 0 aromatic heterocycles. The fourth-order valence-electron chi connectivity index (χ4n) is 2.45. The predicted molar refractivity (Wildman–Crippen MR) is 75.1 cm³/mol. The number of anilines is 1. The molecule has 22 heavy (non-hydrogen) atoms. The van der Waals surface area contributed by atoms with Gasteiger partial charge >= 0.3 is 12.1 Å². The SMILES string of the molecule is Nc1cc(Br)ccc1C(=O)N1C[C@@H](C(F)(F)F)[C@H](C(=O)O)C1. The highest BCUT2D eigenvalue weighted by Gasteiger charge is 2.53. The number of nitrogens with zero attached hydrogens (tertiary/aromatic N) is 1. The highest BCUT2D eigenvalue weighted by Crippen LogP contribution is 2.38. The Bertz CT molecular complexity index is 621. The summed E-state index contributed by atoms with van der Waals surface area (Å²) in [6.45, 7) is -1.18. The Morgan fingerprint density at radius 1 is 1.32 bits per heavy atom. The van der Waals surface area contributed by atoms with Crippen LogP contribution in [0.15, 0.2) is 22.7 Å². The first-order chi connectivity index (χ1) is 10.1. The number of hydrogen-bond donors (Lipinski definition) is 2. The topological polar surface area (TPSA) is 83.6 Å². The fourth-order valence-corrected chi connectivity index (χ4v) is 2.83. The average Bonchev–Trinajstić information content (AvgIpc) is 2.83. The van der Waals surface area contributed by atoms with Gasteiger partial charge in [0.25, 0.3) is 5.91 Å². The largest absolute Gasteiger partial charge is 0.481 e. The van der Waals surface area contributed by atoms with E-state index in [-0.39, 0.29) is 11.3 Å². The second-order valence-corrected chi connectivity index (χ2v) is 5.95. The van der Waals surface area contributed by atoms with E-state index in [1.807, 2.05) is 0 Å². The number of hydrogen-bond acceptors (Lipinski definition) is 3. The molecule has 2 atom stereocenters. The van der Waals surface area contributed by atoms with Gasteiger partial charge in [-0.25, -0.2) is 0 Å². The third kappa shape index (κ3) is 3.18. The number of nitrogen functional groups attached to an aromatic ring is 1. The summed E-state index contributed by atoms with van der Waals surface area (Å²) in [5.41, 5.74) is 5.85. The van der Waals surface area contributed by atoms with Crippen molar-refractivity contribution in [3.05, 3.63) is 28.2 Å². The molecule has 1 aliphatic heterocycles. The van der Waals surface area contributed by atoms with E-state index in [1.54, 1.807) is 0 Å². The number of carbonyl (C=O) groups is 2. The molecule has 5 nitrogen and oxygen atoms in total. The van der Waals surface area contributed by atoms with Gasteiger partial charge in [-0.2, -0.15) is 13.2 Å². The molecule has 2 rings (SSSR count). The number of aliphatic carboxylic acids is 1. The zero-order chi connectivity index (χ0) is 16.7. The third-order valence-electron chi connectivity index (χ3n) is 3.59. The fraction of sp³-hybridized carbons (Fsp3) is 0.385. The van der Waals surface area contributed by atoms with Crippen LogP contribution in [-0.4, -0.2) is 41.1 Å². The Morgan fingerprint density at radius 2 is 1.95 bits per heavy atom.